The van der Waals surface area contributed by atoms with Crippen LogP contribution in [0.2, 0.25) is 0 Å². The molecule has 3 aliphatic heterocycles. The van der Waals surface area contributed by atoms with Crippen LogP contribution in [0.4, 0.5) is 0 Å². The molecular formula is C21H23N3O5. The van der Waals surface area contributed by atoms with E-state index in [1.807, 2.05) is 28.0 Å². The molecule has 152 valence electrons. The molecule has 8 nitrogen and oxygen atoms in total. The number of likely N-dealkylation sites (tertiary alicyclic amines) is 2. The van der Waals surface area contributed by atoms with Crippen LogP contribution in [0.5, 0.6) is 11.5 Å². The summed E-state index contributed by atoms with van der Waals surface area (Å²) < 4.78 is 15.8. The molecule has 2 atom stereocenters. The minimum atomic E-state index is -0.117. The van der Waals surface area contributed by atoms with Gasteiger partial charge in [-0.25, -0.2) is 0 Å². The number of carbonyl (C=O) groups is 2. The lowest BCUT2D eigenvalue weighted by Gasteiger charge is -2.36. The molecule has 5 rings (SSSR count). The van der Waals surface area contributed by atoms with Gasteiger partial charge >= 0.3 is 0 Å². The van der Waals surface area contributed by atoms with Crippen molar-refractivity contribution in [3.05, 3.63) is 41.8 Å². The Bertz CT molecular complexity index is 913. The highest BCUT2D eigenvalue weighted by molar-refractivity contribution is 5.91. The molecule has 0 unspecified atom stereocenters. The van der Waals surface area contributed by atoms with Crippen LogP contribution in [-0.2, 0) is 11.3 Å². The van der Waals surface area contributed by atoms with E-state index in [0.29, 0.717) is 44.4 Å². The van der Waals surface area contributed by atoms with Gasteiger partial charge in [-0.15, -0.1) is 0 Å². The number of piperidine rings is 1. The molecule has 0 aliphatic carbocycles. The molecule has 0 bridgehead atoms. The van der Waals surface area contributed by atoms with Crippen molar-refractivity contribution in [3.63, 3.8) is 0 Å². The number of rotatable bonds is 3. The minimum absolute atomic E-state index is 0.117. The van der Waals surface area contributed by atoms with Crippen LogP contribution in [0, 0.1) is 11.8 Å². The lowest BCUT2D eigenvalue weighted by Crippen LogP contribution is -2.43. The van der Waals surface area contributed by atoms with Gasteiger partial charge < -0.3 is 23.8 Å². The largest absolute Gasteiger partial charge is 0.454 e. The zero-order chi connectivity index (χ0) is 19.8. The molecule has 0 N–H and O–H groups in total. The predicted molar refractivity (Wildman–Crippen MR) is 101 cm³/mol. The Morgan fingerprint density at radius 2 is 1.97 bits per heavy atom. The minimum Gasteiger partial charge on any atom is -0.454 e. The Morgan fingerprint density at radius 3 is 2.83 bits per heavy atom. The predicted octanol–water partition coefficient (Wildman–Crippen LogP) is 2.30. The van der Waals surface area contributed by atoms with Crippen molar-refractivity contribution in [1.29, 1.82) is 0 Å². The number of aromatic nitrogens is 1. The topological polar surface area (TPSA) is 85.1 Å². The Hall–Kier alpha value is -3.03. The lowest BCUT2D eigenvalue weighted by molar-refractivity contribution is -0.132. The molecule has 1 aromatic heterocycles. The Labute approximate surface area is 168 Å². The first-order valence-electron chi connectivity index (χ1n) is 10.0. The van der Waals surface area contributed by atoms with Gasteiger partial charge in [0.1, 0.15) is 0 Å². The van der Waals surface area contributed by atoms with Crippen LogP contribution >= 0.6 is 0 Å². The van der Waals surface area contributed by atoms with E-state index in [4.69, 9.17) is 14.0 Å². The van der Waals surface area contributed by atoms with E-state index in [2.05, 4.69) is 5.16 Å². The summed E-state index contributed by atoms with van der Waals surface area (Å²) in [6.45, 7) is 2.81. The van der Waals surface area contributed by atoms with Crippen LogP contribution in [0.1, 0.15) is 35.4 Å². The Kier molecular flexibility index (Phi) is 4.61. The summed E-state index contributed by atoms with van der Waals surface area (Å²) in [4.78, 5) is 29.2. The number of carbonyl (C=O) groups excluding carboxylic acids is 2. The molecule has 8 heteroatoms. The summed E-state index contributed by atoms with van der Waals surface area (Å²) in [5.41, 5.74) is 1.04. The van der Waals surface area contributed by atoms with Crippen LogP contribution < -0.4 is 9.47 Å². The first kappa shape index (κ1) is 18.0. The number of hydrogen-bond donors (Lipinski definition) is 0. The van der Waals surface area contributed by atoms with Crippen molar-refractivity contribution in [2.24, 2.45) is 11.8 Å². The van der Waals surface area contributed by atoms with Crippen molar-refractivity contribution >= 4 is 11.8 Å². The van der Waals surface area contributed by atoms with Gasteiger partial charge in [0.2, 0.25) is 18.5 Å². The summed E-state index contributed by atoms with van der Waals surface area (Å²) >= 11 is 0. The van der Waals surface area contributed by atoms with E-state index in [1.165, 1.54) is 6.20 Å². The maximum atomic E-state index is 12.9. The van der Waals surface area contributed by atoms with Gasteiger partial charge in [0.05, 0.1) is 6.20 Å². The molecular weight excluding hydrogens is 374 g/mol. The highest BCUT2D eigenvalue weighted by Gasteiger charge is 2.37. The molecule has 2 saturated heterocycles. The lowest BCUT2D eigenvalue weighted by atomic mass is 9.82. The summed E-state index contributed by atoms with van der Waals surface area (Å²) in [5.74, 6) is 2.47. The number of ether oxygens (including phenoxy) is 2. The molecule has 2 amide bonds. The SMILES string of the molecule is O=C1C[C@@H]2CCN(C(=O)c3ccno3)C[C@H]2CCN1Cc1ccc2c(c1)OCO2. The molecule has 0 saturated carbocycles. The van der Waals surface area contributed by atoms with Crippen LogP contribution in [0.15, 0.2) is 35.0 Å². The number of fused-ring (bicyclic) bond motifs is 2. The highest BCUT2D eigenvalue weighted by atomic mass is 16.7. The second kappa shape index (κ2) is 7.42. The van der Waals surface area contributed by atoms with Crippen LogP contribution in [0.3, 0.4) is 0 Å². The molecule has 4 heterocycles. The van der Waals surface area contributed by atoms with Crippen molar-refractivity contribution in [1.82, 2.24) is 15.0 Å². The van der Waals surface area contributed by atoms with Gasteiger partial charge in [0, 0.05) is 38.7 Å². The fraction of sp³-hybridized carbons (Fsp3) is 0.476. The van der Waals surface area contributed by atoms with Gasteiger partial charge in [-0.2, -0.15) is 0 Å². The fourth-order valence-electron chi connectivity index (χ4n) is 4.57. The van der Waals surface area contributed by atoms with Crippen molar-refractivity contribution in [2.45, 2.75) is 25.8 Å². The third kappa shape index (κ3) is 3.54. The number of nitrogens with zero attached hydrogens (tertiary/aromatic N) is 3. The van der Waals surface area contributed by atoms with E-state index in [1.54, 1.807) is 6.07 Å². The van der Waals surface area contributed by atoms with Crippen LogP contribution in [-0.4, -0.2) is 53.2 Å². The molecule has 3 aliphatic rings. The molecule has 0 spiro atoms. The van der Waals surface area contributed by atoms with Gasteiger partial charge in [-0.3, -0.25) is 9.59 Å². The maximum absolute atomic E-state index is 12.9. The third-order valence-electron chi connectivity index (χ3n) is 6.20. The standard InChI is InChI=1S/C21H23N3O5/c25-20-10-15-4-8-24(21(26)18-3-6-22-29-18)12-16(15)5-7-23(20)11-14-1-2-17-19(9-14)28-13-27-17/h1-3,6,9,15-16H,4-5,7-8,10-13H2/t15-,16+/m0/s1. The normalized spacial score (nSPS) is 23.7. The highest BCUT2D eigenvalue weighted by Crippen LogP contribution is 2.35. The second-order valence-corrected chi connectivity index (χ2v) is 7.93. The van der Waals surface area contributed by atoms with E-state index in [-0.39, 0.29) is 24.4 Å². The first-order chi connectivity index (χ1) is 14.2. The average molecular weight is 397 g/mol. The monoisotopic (exact) mass is 397 g/mol. The molecule has 29 heavy (non-hydrogen) atoms. The summed E-state index contributed by atoms with van der Waals surface area (Å²) in [6.07, 6.45) is 3.76. The van der Waals surface area contributed by atoms with E-state index in [9.17, 15) is 9.59 Å². The zero-order valence-electron chi connectivity index (χ0n) is 16.1. The Morgan fingerprint density at radius 1 is 1.10 bits per heavy atom. The molecule has 1 aromatic carbocycles. The van der Waals surface area contributed by atoms with E-state index < -0.39 is 0 Å². The molecule has 2 aromatic rings. The number of benzene rings is 1. The number of amides is 2. The Balaban J connectivity index is 1.25. The fourth-order valence-corrected chi connectivity index (χ4v) is 4.57. The van der Waals surface area contributed by atoms with Gasteiger partial charge in [-0.05, 0) is 42.4 Å². The van der Waals surface area contributed by atoms with E-state index >= 15 is 0 Å². The molecule has 2 fully saturated rings. The summed E-state index contributed by atoms with van der Waals surface area (Å²) in [6, 6.07) is 7.42. The van der Waals surface area contributed by atoms with Crippen molar-refractivity contribution in [2.75, 3.05) is 26.4 Å². The average Bonchev–Trinajstić information content (AvgIpc) is 3.40. The number of hydrogen-bond acceptors (Lipinski definition) is 6. The quantitative estimate of drug-likeness (QED) is 0.790. The summed E-state index contributed by atoms with van der Waals surface area (Å²) in [7, 11) is 0. The maximum Gasteiger partial charge on any atom is 0.292 e. The van der Waals surface area contributed by atoms with Gasteiger partial charge in [0.15, 0.2) is 11.5 Å². The first-order valence-corrected chi connectivity index (χ1v) is 10.0. The van der Waals surface area contributed by atoms with Crippen molar-refractivity contribution in [3.8, 4) is 11.5 Å². The second-order valence-electron chi connectivity index (χ2n) is 7.93. The van der Waals surface area contributed by atoms with Gasteiger partial charge in [0.25, 0.3) is 5.91 Å². The van der Waals surface area contributed by atoms with Crippen LogP contribution in [0.25, 0.3) is 0 Å². The smallest absolute Gasteiger partial charge is 0.292 e. The molecule has 0 radical (unpaired) electrons. The van der Waals surface area contributed by atoms with E-state index in [0.717, 1.165) is 29.9 Å². The van der Waals surface area contributed by atoms with Crippen molar-refractivity contribution < 1.29 is 23.6 Å². The summed E-state index contributed by atoms with van der Waals surface area (Å²) in [5, 5.41) is 3.63. The third-order valence-corrected chi connectivity index (χ3v) is 6.20. The van der Waals surface area contributed by atoms with Gasteiger partial charge in [-0.1, -0.05) is 11.2 Å². The zero-order valence-corrected chi connectivity index (χ0v) is 16.1.